The quantitative estimate of drug-likeness (QED) is 0.836. The number of pyridine rings is 1. The molecule has 7 heteroatoms. The molecule has 0 unspecified atom stereocenters. The molecule has 0 radical (unpaired) electrons. The van der Waals surface area contributed by atoms with Gasteiger partial charge in [-0.25, -0.2) is 14.0 Å². The maximum Gasteiger partial charge on any atom is 0.355 e. The van der Waals surface area contributed by atoms with Crippen LogP contribution in [0.4, 0.5) is 4.39 Å². The molecule has 1 aromatic carbocycles. The van der Waals surface area contributed by atoms with Gasteiger partial charge in [0.05, 0.1) is 19.7 Å². The molecule has 0 aliphatic rings. The van der Waals surface area contributed by atoms with Crippen LogP contribution in [0.3, 0.4) is 0 Å². The van der Waals surface area contributed by atoms with Crippen molar-refractivity contribution < 1.29 is 23.5 Å². The first-order chi connectivity index (χ1) is 9.49. The van der Waals surface area contributed by atoms with E-state index in [-0.39, 0.29) is 16.6 Å². The van der Waals surface area contributed by atoms with Crippen LogP contribution < -0.4 is 5.43 Å². The number of esters is 2. The molecular formula is C13H10FNO5. The summed E-state index contributed by atoms with van der Waals surface area (Å²) in [6, 6.07) is 3.39. The number of carbonyl (C=O) groups is 2. The van der Waals surface area contributed by atoms with Crippen LogP contribution in [-0.2, 0) is 9.47 Å². The van der Waals surface area contributed by atoms with E-state index in [2.05, 4.69) is 14.5 Å². The van der Waals surface area contributed by atoms with Crippen LogP contribution in [0.25, 0.3) is 10.9 Å². The molecular weight excluding hydrogens is 269 g/mol. The van der Waals surface area contributed by atoms with E-state index >= 15 is 0 Å². The van der Waals surface area contributed by atoms with Crippen LogP contribution in [-0.4, -0.2) is 31.1 Å². The molecule has 0 fully saturated rings. The summed E-state index contributed by atoms with van der Waals surface area (Å²) in [5.74, 6) is -2.53. The van der Waals surface area contributed by atoms with Crippen molar-refractivity contribution in [1.82, 2.24) is 4.98 Å². The Morgan fingerprint density at radius 3 is 2.40 bits per heavy atom. The number of hydrogen-bond acceptors (Lipinski definition) is 5. The summed E-state index contributed by atoms with van der Waals surface area (Å²) in [5.41, 5.74) is -1.43. The second-order valence-corrected chi connectivity index (χ2v) is 3.88. The van der Waals surface area contributed by atoms with Crippen molar-refractivity contribution in [2.75, 3.05) is 14.2 Å². The largest absolute Gasteiger partial charge is 0.465 e. The lowest BCUT2D eigenvalue weighted by atomic mass is 10.1. The van der Waals surface area contributed by atoms with Gasteiger partial charge in [-0.15, -0.1) is 0 Å². The fourth-order valence-electron chi connectivity index (χ4n) is 1.81. The van der Waals surface area contributed by atoms with Crippen molar-refractivity contribution in [3.8, 4) is 0 Å². The summed E-state index contributed by atoms with van der Waals surface area (Å²) >= 11 is 0. The molecule has 0 aliphatic carbocycles. The number of H-pyrrole nitrogens is 1. The molecule has 20 heavy (non-hydrogen) atoms. The van der Waals surface area contributed by atoms with Gasteiger partial charge in [0.25, 0.3) is 0 Å². The zero-order valence-corrected chi connectivity index (χ0v) is 10.7. The first-order valence-corrected chi connectivity index (χ1v) is 5.51. The molecule has 0 amide bonds. The number of rotatable bonds is 2. The number of aromatic nitrogens is 1. The third kappa shape index (κ3) is 2.13. The lowest BCUT2D eigenvalue weighted by Crippen LogP contribution is -2.24. The average molecular weight is 279 g/mol. The Kier molecular flexibility index (Phi) is 3.51. The Morgan fingerprint density at radius 2 is 1.80 bits per heavy atom. The van der Waals surface area contributed by atoms with Gasteiger partial charge in [0.2, 0.25) is 5.43 Å². The van der Waals surface area contributed by atoms with Gasteiger partial charge in [0.15, 0.2) is 0 Å². The highest BCUT2D eigenvalue weighted by molar-refractivity contribution is 6.04. The number of aromatic amines is 1. The topological polar surface area (TPSA) is 85.5 Å². The fraction of sp³-hybridized carbons (Fsp3) is 0.154. The number of fused-ring (bicyclic) bond motifs is 1. The lowest BCUT2D eigenvalue weighted by molar-refractivity contribution is 0.0549. The normalized spacial score (nSPS) is 10.3. The molecule has 2 rings (SSSR count). The third-order valence-corrected chi connectivity index (χ3v) is 2.74. The van der Waals surface area contributed by atoms with Crippen molar-refractivity contribution in [3.05, 3.63) is 45.5 Å². The van der Waals surface area contributed by atoms with E-state index in [4.69, 9.17) is 0 Å². The summed E-state index contributed by atoms with van der Waals surface area (Å²) < 4.78 is 22.2. The molecule has 1 heterocycles. The molecule has 6 nitrogen and oxygen atoms in total. The third-order valence-electron chi connectivity index (χ3n) is 2.74. The number of nitrogens with one attached hydrogen (secondary N) is 1. The monoisotopic (exact) mass is 279 g/mol. The van der Waals surface area contributed by atoms with E-state index in [1.807, 2.05) is 0 Å². The summed E-state index contributed by atoms with van der Waals surface area (Å²) in [6.07, 6.45) is 0. The van der Waals surface area contributed by atoms with Crippen LogP contribution >= 0.6 is 0 Å². The van der Waals surface area contributed by atoms with Gasteiger partial charge in [0, 0.05) is 5.39 Å². The predicted octanol–water partition coefficient (Wildman–Crippen LogP) is 1.24. The molecule has 0 spiro atoms. The highest BCUT2D eigenvalue weighted by atomic mass is 19.1. The minimum Gasteiger partial charge on any atom is -0.465 e. The summed E-state index contributed by atoms with van der Waals surface area (Å²) in [5, 5.41) is -0.0574. The average Bonchev–Trinajstić information content (AvgIpc) is 2.46. The second kappa shape index (κ2) is 5.12. The first-order valence-electron chi connectivity index (χ1n) is 5.51. The molecule has 104 valence electrons. The standard InChI is InChI=1S/C13H10FNO5/c1-19-12(17)9-10(13(18)20-2)15-8-4-3-6(14)5-7(8)11(9)16/h3-5H,1-2H3,(H,15,16). The van der Waals surface area contributed by atoms with Crippen LogP contribution in [0, 0.1) is 5.82 Å². The number of halogens is 1. The number of carbonyl (C=O) groups excluding carboxylic acids is 2. The zero-order chi connectivity index (χ0) is 14.9. The van der Waals surface area contributed by atoms with Crippen molar-refractivity contribution in [2.45, 2.75) is 0 Å². The fourth-order valence-corrected chi connectivity index (χ4v) is 1.81. The van der Waals surface area contributed by atoms with Crippen molar-refractivity contribution in [2.24, 2.45) is 0 Å². The Hall–Kier alpha value is -2.70. The van der Waals surface area contributed by atoms with Crippen molar-refractivity contribution >= 4 is 22.8 Å². The van der Waals surface area contributed by atoms with Gasteiger partial charge < -0.3 is 14.5 Å². The number of hydrogen-bond donors (Lipinski definition) is 1. The number of ether oxygens (including phenoxy) is 2. The van der Waals surface area contributed by atoms with Crippen LogP contribution in [0.15, 0.2) is 23.0 Å². The molecule has 0 saturated carbocycles. The molecule has 0 atom stereocenters. The Balaban J connectivity index is 2.91. The van der Waals surface area contributed by atoms with E-state index in [9.17, 15) is 18.8 Å². The van der Waals surface area contributed by atoms with Gasteiger partial charge >= 0.3 is 11.9 Å². The minimum absolute atomic E-state index is 0.0574. The molecule has 2 aromatic rings. The SMILES string of the molecule is COC(=O)c1[nH]c2ccc(F)cc2c(=O)c1C(=O)OC. The molecule has 1 aromatic heterocycles. The van der Waals surface area contributed by atoms with Gasteiger partial charge in [-0.2, -0.15) is 0 Å². The highest BCUT2D eigenvalue weighted by Crippen LogP contribution is 2.14. The van der Waals surface area contributed by atoms with Gasteiger partial charge in [0.1, 0.15) is 17.1 Å². The van der Waals surface area contributed by atoms with E-state index < -0.39 is 28.7 Å². The summed E-state index contributed by atoms with van der Waals surface area (Å²) in [6.45, 7) is 0. The highest BCUT2D eigenvalue weighted by Gasteiger charge is 2.24. The maximum atomic E-state index is 13.2. The molecule has 0 aliphatic heterocycles. The second-order valence-electron chi connectivity index (χ2n) is 3.88. The van der Waals surface area contributed by atoms with Gasteiger partial charge in [-0.05, 0) is 18.2 Å². The minimum atomic E-state index is -1.00. The van der Waals surface area contributed by atoms with Gasteiger partial charge in [-0.3, -0.25) is 4.79 Å². The van der Waals surface area contributed by atoms with Crippen molar-refractivity contribution in [3.63, 3.8) is 0 Å². The van der Waals surface area contributed by atoms with E-state index in [1.165, 1.54) is 6.07 Å². The Morgan fingerprint density at radius 1 is 1.15 bits per heavy atom. The zero-order valence-electron chi connectivity index (χ0n) is 10.7. The van der Waals surface area contributed by atoms with E-state index in [0.29, 0.717) is 0 Å². The van der Waals surface area contributed by atoms with Crippen molar-refractivity contribution in [1.29, 1.82) is 0 Å². The molecule has 1 N–H and O–H groups in total. The number of benzene rings is 1. The van der Waals surface area contributed by atoms with Crippen LogP contribution in [0.2, 0.25) is 0 Å². The molecule has 0 saturated heterocycles. The molecule has 0 bridgehead atoms. The van der Waals surface area contributed by atoms with E-state index in [0.717, 1.165) is 26.4 Å². The smallest absolute Gasteiger partial charge is 0.355 e. The number of methoxy groups -OCH3 is 2. The Labute approximate surface area is 112 Å². The summed E-state index contributed by atoms with van der Waals surface area (Å²) in [7, 11) is 2.18. The summed E-state index contributed by atoms with van der Waals surface area (Å²) in [4.78, 5) is 38.1. The first kappa shape index (κ1) is 13.7. The van der Waals surface area contributed by atoms with Gasteiger partial charge in [-0.1, -0.05) is 0 Å². The predicted molar refractivity (Wildman–Crippen MR) is 67.2 cm³/mol. The lowest BCUT2D eigenvalue weighted by Gasteiger charge is -2.08. The van der Waals surface area contributed by atoms with E-state index in [1.54, 1.807) is 0 Å². The van der Waals surface area contributed by atoms with Crippen LogP contribution in [0.5, 0.6) is 0 Å². The van der Waals surface area contributed by atoms with Crippen LogP contribution in [0.1, 0.15) is 20.8 Å². The Bertz CT molecular complexity index is 765. The maximum absolute atomic E-state index is 13.2.